The third-order valence-corrected chi connectivity index (χ3v) is 5.26. The van der Waals surface area contributed by atoms with E-state index in [1.54, 1.807) is 7.11 Å². The topological polar surface area (TPSA) is 47.6 Å². The maximum atomic E-state index is 13.4. The Balaban J connectivity index is 2.00. The van der Waals surface area contributed by atoms with E-state index in [9.17, 15) is 4.79 Å². The molecular weight excluding hydrogens is 314 g/mol. The Morgan fingerprint density at radius 2 is 1.80 bits per heavy atom. The summed E-state index contributed by atoms with van der Waals surface area (Å²) in [5.41, 5.74) is 3.42. The lowest BCUT2D eigenvalue weighted by atomic mass is 9.72. The molecule has 1 heterocycles. The highest BCUT2D eigenvalue weighted by Crippen LogP contribution is 2.41. The average molecular weight is 339 g/mol. The highest BCUT2D eigenvalue weighted by molar-refractivity contribution is 6.00. The lowest BCUT2D eigenvalue weighted by molar-refractivity contribution is -0.125. The van der Waals surface area contributed by atoms with Gasteiger partial charge in [0.1, 0.15) is 5.75 Å². The Bertz CT molecular complexity index is 763. The fraction of sp³-hybridized carbons (Fsp3) is 0.381. The summed E-state index contributed by atoms with van der Waals surface area (Å²) < 4.78 is 11.1. The largest absolute Gasteiger partial charge is 0.496 e. The van der Waals surface area contributed by atoms with Crippen molar-refractivity contribution in [3.63, 3.8) is 0 Å². The van der Waals surface area contributed by atoms with Gasteiger partial charge in [0.15, 0.2) is 0 Å². The van der Waals surface area contributed by atoms with Gasteiger partial charge in [0.05, 0.1) is 12.5 Å². The summed E-state index contributed by atoms with van der Waals surface area (Å²) in [6.07, 6.45) is 1.29. The minimum absolute atomic E-state index is 0.00833. The van der Waals surface area contributed by atoms with Crippen LogP contribution in [0.5, 0.6) is 5.75 Å². The fourth-order valence-corrected chi connectivity index (χ4v) is 3.51. The maximum Gasteiger partial charge on any atom is 0.235 e. The Kier molecular flexibility index (Phi) is 5.09. The van der Waals surface area contributed by atoms with Crippen LogP contribution >= 0.6 is 0 Å². The van der Waals surface area contributed by atoms with Crippen LogP contribution in [-0.4, -0.2) is 26.2 Å². The first-order chi connectivity index (χ1) is 12.1. The van der Waals surface area contributed by atoms with Crippen molar-refractivity contribution in [1.29, 1.82) is 0 Å². The molecule has 0 bridgehead atoms. The molecule has 2 aromatic carbocycles. The predicted molar refractivity (Wildman–Crippen MR) is 99.3 cm³/mol. The highest BCUT2D eigenvalue weighted by Gasteiger charge is 2.43. The summed E-state index contributed by atoms with van der Waals surface area (Å²) in [6, 6.07) is 13.8. The third kappa shape index (κ3) is 3.27. The quantitative estimate of drug-likeness (QED) is 0.916. The molecule has 1 N–H and O–H groups in total. The molecule has 0 aliphatic carbocycles. The van der Waals surface area contributed by atoms with E-state index in [2.05, 4.69) is 18.3 Å². The van der Waals surface area contributed by atoms with Gasteiger partial charge in [-0.25, -0.2) is 0 Å². The number of hydrogen-bond acceptors (Lipinski definition) is 3. The lowest BCUT2D eigenvalue weighted by Gasteiger charge is -2.37. The normalized spacial score (nSPS) is 16.3. The van der Waals surface area contributed by atoms with Crippen LogP contribution in [0.4, 0.5) is 5.69 Å². The first-order valence-corrected chi connectivity index (χ1v) is 8.67. The number of aryl methyl sites for hydroxylation is 1. The molecule has 0 unspecified atom stereocenters. The second kappa shape index (κ2) is 7.28. The van der Waals surface area contributed by atoms with Crippen LogP contribution in [0.2, 0.25) is 0 Å². The molecule has 0 aromatic heterocycles. The molecule has 1 aliphatic rings. The summed E-state index contributed by atoms with van der Waals surface area (Å²) in [5, 5.41) is 3.16. The number of amides is 1. The standard InChI is InChI=1S/C21H25NO3/c1-15-7-6-9-18(16(15)2)22-20(23)21(11-13-25-14-12-21)17-8-4-5-10-19(17)24-3/h4-10H,11-14H2,1-3H3,(H,22,23). The molecule has 0 saturated carbocycles. The van der Waals surface area contributed by atoms with Crippen molar-refractivity contribution in [2.24, 2.45) is 0 Å². The number of ether oxygens (including phenoxy) is 2. The van der Waals surface area contributed by atoms with E-state index in [-0.39, 0.29) is 5.91 Å². The first-order valence-electron chi connectivity index (χ1n) is 8.67. The van der Waals surface area contributed by atoms with Crippen LogP contribution in [-0.2, 0) is 14.9 Å². The zero-order valence-electron chi connectivity index (χ0n) is 15.1. The van der Waals surface area contributed by atoms with Gasteiger partial charge in [-0.2, -0.15) is 0 Å². The predicted octanol–water partition coefficient (Wildman–Crippen LogP) is 4.00. The van der Waals surface area contributed by atoms with Crippen molar-refractivity contribution in [3.8, 4) is 5.75 Å². The number of anilines is 1. The van der Waals surface area contributed by atoms with E-state index < -0.39 is 5.41 Å². The molecular formula is C21H25NO3. The number of carbonyl (C=O) groups excluding carboxylic acids is 1. The van der Waals surface area contributed by atoms with E-state index >= 15 is 0 Å². The van der Waals surface area contributed by atoms with Gasteiger partial charge in [0.2, 0.25) is 5.91 Å². The Morgan fingerprint density at radius 1 is 1.08 bits per heavy atom. The Labute approximate surface area is 149 Å². The number of para-hydroxylation sites is 1. The summed E-state index contributed by atoms with van der Waals surface area (Å²) in [7, 11) is 1.65. The molecule has 132 valence electrons. The van der Waals surface area contributed by atoms with Gasteiger partial charge in [-0.3, -0.25) is 4.79 Å². The first kappa shape index (κ1) is 17.5. The van der Waals surface area contributed by atoms with Crippen LogP contribution < -0.4 is 10.1 Å². The second-order valence-electron chi connectivity index (χ2n) is 6.60. The maximum absolute atomic E-state index is 13.4. The molecule has 1 fully saturated rings. The molecule has 1 saturated heterocycles. The van der Waals surface area contributed by atoms with Crippen molar-refractivity contribution in [1.82, 2.24) is 0 Å². The number of hydrogen-bond donors (Lipinski definition) is 1. The van der Waals surface area contributed by atoms with Gasteiger partial charge < -0.3 is 14.8 Å². The van der Waals surface area contributed by atoms with Crippen molar-refractivity contribution in [2.75, 3.05) is 25.6 Å². The SMILES string of the molecule is COc1ccccc1C1(C(=O)Nc2cccc(C)c2C)CCOCC1. The Hall–Kier alpha value is -2.33. The summed E-state index contributed by atoms with van der Waals surface area (Å²) in [4.78, 5) is 13.4. The Morgan fingerprint density at radius 3 is 2.52 bits per heavy atom. The fourth-order valence-electron chi connectivity index (χ4n) is 3.51. The molecule has 25 heavy (non-hydrogen) atoms. The average Bonchev–Trinajstić information content (AvgIpc) is 2.66. The summed E-state index contributed by atoms with van der Waals surface area (Å²) in [6.45, 7) is 5.22. The molecule has 1 amide bonds. The number of carbonyl (C=O) groups is 1. The van der Waals surface area contributed by atoms with Crippen LogP contribution in [0.3, 0.4) is 0 Å². The molecule has 3 rings (SSSR count). The van der Waals surface area contributed by atoms with Gasteiger partial charge in [-0.05, 0) is 49.9 Å². The minimum atomic E-state index is -0.638. The van der Waals surface area contributed by atoms with Gasteiger partial charge in [0.25, 0.3) is 0 Å². The zero-order chi connectivity index (χ0) is 17.9. The number of rotatable bonds is 4. The van der Waals surface area contributed by atoms with Crippen LogP contribution in [0.15, 0.2) is 42.5 Å². The molecule has 0 atom stereocenters. The van der Waals surface area contributed by atoms with E-state index in [1.165, 1.54) is 0 Å². The lowest BCUT2D eigenvalue weighted by Crippen LogP contribution is -2.45. The minimum Gasteiger partial charge on any atom is -0.496 e. The van der Waals surface area contributed by atoms with E-state index in [0.717, 1.165) is 28.1 Å². The molecule has 2 aromatic rings. The number of nitrogens with one attached hydrogen (secondary N) is 1. The smallest absolute Gasteiger partial charge is 0.235 e. The summed E-state index contributed by atoms with van der Waals surface area (Å²) in [5.74, 6) is 0.759. The van der Waals surface area contributed by atoms with E-state index in [1.807, 2.05) is 43.3 Å². The third-order valence-electron chi connectivity index (χ3n) is 5.26. The van der Waals surface area contributed by atoms with Crippen molar-refractivity contribution in [3.05, 3.63) is 59.2 Å². The van der Waals surface area contributed by atoms with Gasteiger partial charge in [-0.1, -0.05) is 30.3 Å². The molecule has 4 nitrogen and oxygen atoms in total. The second-order valence-corrected chi connectivity index (χ2v) is 6.60. The van der Waals surface area contributed by atoms with E-state index in [0.29, 0.717) is 26.1 Å². The number of methoxy groups -OCH3 is 1. The molecule has 4 heteroatoms. The van der Waals surface area contributed by atoms with Gasteiger partial charge in [0, 0.05) is 24.5 Å². The highest BCUT2D eigenvalue weighted by atomic mass is 16.5. The van der Waals surface area contributed by atoms with Crippen LogP contribution in [0, 0.1) is 13.8 Å². The van der Waals surface area contributed by atoms with Crippen molar-refractivity contribution >= 4 is 11.6 Å². The zero-order valence-corrected chi connectivity index (χ0v) is 15.1. The monoisotopic (exact) mass is 339 g/mol. The van der Waals surface area contributed by atoms with Gasteiger partial charge >= 0.3 is 0 Å². The van der Waals surface area contributed by atoms with Crippen LogP contribution in [0.25, 0.3) is 0 Å². The molecule has 1 aliphatic heterocycles. The van der Waals surface area contributed by atoms with Crippen molar-refractivity contribution < 1.29 is 14.3 Å². The summed E-state index contributed by atoms with van der Waals surface area (Å²) >= 11 is 0. The molecule has 0 spiro atoms. The van der Waals surface area contributed by atoms with Crippen LogP contribution in [0.1, 0.15) is 29.5 Å². The number of benzene rings is 2. The van der Waals surface area contributed by atoms with Gasteiger partial charge in [-0.15, -0.1) is 0 Å². The van der Waals surface area contributed by atoms with E-state index in [4.69, 9.17) is 9.47 Å². The molecule has 0 radical (unpaired) electrons. The van der Waals surface area contributed by atoms with Crippen molar-refractivity contribution in [2.45, 2.75) is 32.1 Å².